The van der Waals surface area contributed by atoms with E-state index in [-0.39, 0.29) is 30.0 Å². The monoisotopic (exact) mass is 430 g/mol. The Balaban J connectivity index is 2.32. The van der Waals surface area contributed by atoms with Crippen molar-refractivity contribution in [3.8, 4) is 0 Å². The van der Waals surface area contributed by atoms with Crippen LogP contribution >= 0.6 is 34.8 Å². The van der Waals surface area contributed by atoms with Crippen LogP contribution in [0, 0.1) is 11.3 Å². The van der Waals surface area contributed by atoms with Crippen LogP contribution in [-0.2, 0) is 14.9 Å². The van der Waals surface area contributed by atoms with Gasteiger partial charge in [0.25, 0.3) is 0 Å². The van der Waals surface area contributed by atoms with Crippen LogP contribution in [0.25, 0.3) is 0 Å². The van der Waals surface area contributed by atoms with Crippen LogP contribution in [0.3, 0.4) is 0 Å². The van der Waals surface area contributed by atoms with Crippen LogP contribution in [0.15, 0.2) is 0 Å². The minimum absolute atomic E-state index is 0.0396. The average Bonchev–Trinajstić information content (AvgIpc) is 2.59. The van der Waals surface area contributed by atoms with Gasteiger partial charge in [-0.3, -0.25) is 9.59 Å². The number of fused-ring (bicyclic) bond motifs is 3. The quantitative estimate of drug-likeness (QED) is 0.391. The second-order valence-corrected chi connectivity index (χ2v) is 9.75. The van der Waals surface area contributed by atoms with E-state index in [1.807, 2.05) is 20.8 Å². The summed E-state index contributed by atoms with van der Waals surface area (Å²) in [6.07, 6.45) is 2.59. The summed E-state index contributed by atoms with van der Waals surface area (Å²) in [5.74, 6) is -0.518. The second kappa shape index (κ2) is 6.93. The number of rotatable bonds is 2. The molecule has 1 saturated carbocycles. The van der Waals surface area contributed by atoms with Gasteiger partial charge in [-0.25, -0.2) is 0 Å². The van der Waals surface area contributed by atoms with Crippen molar-refractivity contribution in [3.63, 3.8) is 0 Å². The molecule has 0 saturated heterocycles. The Morgan fingerprint density at radius 2 is 1.74 bits per heavy atom. The molecule has 0 heterocycles. The van der Waals surface area contributed by atoms with E-state index < -0.39 is 10.8 Å². The normalized spacial score (nSPS) is 30.1. The molecule has 6 heteroatoms. The molecule has 3 nitrogen and oxygen atoms in total. The van der Waals surface area contributed by atoms with E-state index in [0.717, 1.165) is 12.8 Å². The fourth-order valence-corrected chi connectivity index (χ4v) is 6.75. The number of carbonyl (C=O) groups is 2. The lowest BCUT2D eigenvalue weighted by atomic mass is 9.49. The highest BCUT2D eigenvalue weighted by Crippen LogP contribution is 2.61. The average molecular weight is 432 g/mol. The van der Waals surface area contributed by atoms with Crippen molar-refractivity contribution in [2.45, 2.75) is 64.7 Å². The third-order valence-electron chi connectivity index (χ3n) is 6.75. The molecule has 1 fully saturated rings. The highest BCUT2D eigenvalue weighted by molar-refractivity contribution is 6.46. The summed E-state index contributed by atoms with van der Waals surface area (Å²) < 4.78 is 5.10. The lowest BCUT2D eigenvalue weighted by Crippen LogP contribution is -2.54. The predicted molar refractivity (Wildman–Crippen MR) is 109 cm³/mol. The fourth-order valence-electron chi connectivity index (χ4n) is 5.37. The molecule has 3 atom stereocenters. The summed E-state index contributed by atoms with van der Waals surface area (Å²) in [6.45, 7) is 7.93. The minimum atomic E-state index is -0.742. The molecule has 148 valence electrons. The summed E-state index contributed by atoms with van der Waals surface area (Å²) in [6, 6.07) is 0. The maximum atomic E-state index is 13.2. The van der Waals surface area contributed by atoms with Gasteiger partial charge in [-0.15, -0.1) is 0 Å². The number of halogens is 3. The summed E-state index contributed by atoms with van der Waals surface area (Å²) in [7, 11) is 1.40. The molecule has 0 bridgehead atoms. The van der Waals surface area contributed by atoms with Crippen molar-refractivity contribution in [2.24, 2.45) is 11.3 Å². The van der Waals surface area contributed by atoms with Crippen molar-refractivity contribution >= 4 is 46.6 Å². The number of hydrogen-bond acceptors (Lipinski definition) is 3. The molecule has 0 amide bonds. The SMILES string of the molecule is COC(=O)C1(C)CCCC2(C)c3c(Cl)c(Cl)c(C(C)C)c(Cl)c3C(=O)CC12. The Labute approximate surface area is 175 Å². The maximum absolute atomic E-state index is 13.2. The topological polar surface area (TPSA) is 43.4 Å². The van der Waals surface area contributed by atoms with E-state index >= 15 is 0 Å². The summed E-state index contributed by atoms with van der Waals surface area (Å²) in [5, 5.41) is 1.22. The molecule has 0 spiro atoms. The minimum Gasteiger partial charge on any atom is -0.469 e. The Morgan fingerprint density at radius 1 is 1.11 bits per heavy atom. The van der Waals surface area contributed by atoms with Gasteiger partial charge in [0.1, 0.15) is 0 Å². The molecular formula is C21H25Cl3O3. The Morgan fingerprint density at radius 3 is 2.30 bits per heavy atom. The molecule has 3 unspecified atom stereocenters. The van der Waals surface area contributed by atoms with Gasteiger partial charge in [0.05, 0.1) is 27.6 Å². The number of ether oxygens (including phenoxy) is 1. The number of hydrogen-bond donors (Lipinski definition) is 0. The molecule has 0 aromatic heterocycles. The van der Waals surface area contributed by atoms with Crippen molar-refractivity contribution in [1.82, 2.24) is 0 Å². The van der Waals surface area contributed by atoms with Gasteiger partial charge < -0.3 is 4.74 Å². The first kappa shape index (κ1) is 21.0. The highest BCUT2D eigenvalue weighted by Gasteiger charge is 2.58. The van der Waals surface area contributed by atoms with E-state index in [9.17, 15) is 9.59 Å². The highest BCUT2D eigenvalue weighted by atomic mass is 35.5. The molecular weight excluding hydrogens is 407 g/mol. The summed E-state index contributed by atoms with van der Waals surface area (Å²) in [5.41, 5.74) is 0.699. The third kappa shape index (κ3) is 2.84. The van der Waals surface area contributed by atoms with Crippen LogP contribution in [0.4, 0.5) is 0 Å². The first-order chi connectivity index (χ1) is 12.5. The van der Waals surface area contributed by atoms with Gasteiger partial charge in [0.15, 0.2) is 5.78 Å². The Bertz CT molecular complexity index is 833. The van der Waals surface area contributed by atoms with Gasteiger partial charge in [0, 0.05) is 12.0 Å². The molecule has 0 aliphatic heterocycles. The van der Waals surface area contributed by atoms with Crippen LogP contribution in [0.1, 0.15) is 80.8 Å². The number of ketones is 1. The van der Waals surface area contributed by atoms with E-state index in [2.05, 4.69) is 6.92 Å². The molecule has 0 N–H and O–H groups in total. The Hall–Kier alpha value is -0.770. The van der Waals surface area contributed by atoms with E-state index in [1.165, 1.54) is 7.11 Å². The van der Waals surface area contributed by atoms with Crippen LogP contribution < -0.4 is 0 Å². The second-order valence-electron chi connectivity index (χ2n) is 8.62. The van der Waals surface area contributed by atoms with Crippen LogP contribution in [0.2, 0.25) is 15.1 Å². The van der Waals surface area contributed by atoms with Crippen molar-refractivity contribution in [1.29, 1.82) is 0 Å². The van der Waals surface area contributed by atoms with Gasteiger partial charge in [0.2, 0.25) is 0 Å². The van der Waals surface area contributed by atoms with Crippen LogP contribution in [-0.4, -0.2) is 18.9 Å². The molecule has 0 radical (unpaired) electrons. The molecule has 27 heavy (non-hydrogen) atoms. The lowest BCUT2D eigenvalue weighted by Gasteiger charge is -2.53. The summed E-state index contributed by atoms with van der Waals surface area (Å²) in [4.78, 5) is 25.9. The largest absolute Gasteiger partial charge is 0.469 e. The van der Waals surface area contributed by atoms with Crippen molar-refractivity contribution in [2.75, 3.05) is 7.11 Å². The molecule has 1 aromatic carbocycles. The number of Topliss-reactive ketones (excluding diaryl/α,β-unsaturated/α-hetero) is 1. The molecule has 2 aliphatic carbocycles. The first-order valence-electron chi connectivity index (χ1n) is 9.33. The summed E-state index contributed by atoms with van der Waals surface area (Å²) >= 11 is 20.1. The van der Waals surface area contributed by atoms with E-state index in [4.69, 9.17) is 39.5 Å². The van der Waals surface area contributed by atoms with Gasteiger partial charge in [-0.1, -0.05) is 62.0 Å². The first-order valence-corrected chi connectivity index (χ1v) is 10.5. The van der Waals surface area contributed by atoms with Gasteiger partial charge >= 0.3 is 5.97 Å². The Kier molecular flexibility index (Phi) is 5.38. The van der Waals surface area contributed by atoms with Gasteiger partial charge in [-0.05, 0) is 48.1 Å². The van der Waals surface area contributed by atoms with Gasteiger partial charge in [-0.2, -0.15) is 0 Å². The van der Waals surface area contributed by atoms with E-state index in [0.29, 0.717) is 38.2 Å². The zero-order chi connectivity index (χ0) is 20.3. The standard InChI is InChI=1S/C21H25Cl3O3/c1-10(2)13-16(22)14-11(25)9-12-20(3,15(14)18(24)17(13)23)7-6-8-21(12,4)19(26)27-5/h10,12H,6-9H2,1-5H3. The predicted octanol–water partition coefficient (Wildman–Crippen LogP) is 6.59. The zero-order valence-corrected chi connectivity index (χ0v) is 18.6. The zero-order valence-electron chi connectivity index (χ0n) is 16.3. The maximum Gasteiger partial charge on any atom is 0.311 e. The molecule has 3 rings (SSSR count). The van der Waals surface area contributed by atoms with Crippen molar-refractivity contribution in [3.05, 3.63) is 31.8 Å². The third-order valence-corrected chi connectivity index (χ3v) is 8.01. The molecule has 1 aromatic rings. The fraction of sp³-hybridized carbons (Fsp3) is 0.619. The number of esters is 1. The van der Waals surface area contributed by atoms with Crippen LogP contribution in [0.5, 0.6) is 0 Å². The number of carbonyl (C=O) groups excluding carboxylic acids is 2. The number of benzene rings is 1. The molecule has 2 aliphatic rings. The van der Waals surface area contributed by atoms with Crippen molar-refractivity contribution < 1.29 is 14.3 Å². The smallest absolute Gasteiger partial charge is 0.311 e. The number of methoxy groups -OCH3 is 1. The lowest BCUT2D eigenvalue weighted by molar-refractivity contribution is -0.160. The van der Waals surface area contributed by atoms with E-state index in [1.54, 1.807) is 0 Å².